The van der Waals surface area contributed by atoms with Crippen LogP contribution in [0.25, 0.3) is 10.2 Å². The lowest BCUT2D eigenvalue weighted by Gasteiger charge is -2.30. The Morgan fingerprint density at radius 3 is 2.31 bits per heavy atom. The van der Waals surface area contributed by atoms with Crippen molar-refractivity contribution in [2.75, 3.05) is 7.05 Å². The van der Waals surface area contributed by atoms with Gasteiger partial charge in [-0.3, -0.25) is 4.79 Å². The van der Waals surface area contributed by atoms with E-state index in [-0.39, 0.29) is 21.4 Å². The molecule has 0 saturated heterocycles. The third-order valence-electron chi connectivity index (χ3n) is 6.49. The van der Waals surface area contributed by atoms with Gasteiger partial charge >= 0.3 is 0 Å². The Labute approximate surface area is 215 Å². The minimum atomic E-state index is -3.86. The highest BCUT2D eigenvalue weighted by Crippen LogP contribution is 2.27. The molecule has 2 N–H and O–H groups in total. The molecule has 9 nitrogen and oxygen atoms in total. The Kier molecular flexibility index (Phi) is 7.81. The quantitative estimate of drug-likeness (QED) is 0.481. The first-order chi connectivity index (χ1) is 17.0. The number of nitrogens with two attached hydrogens (primary N) is 1. The average Bonchev–Trinajstić information content (AvgIpc) is 3.20. The Balaban J connectivity index is 1.65. The van der Waals surface area contributed by atoms with Crippen LogP contribution in [-0.4, -0.2) is 44.7 Å². The highest BCUT2D eigenvalue weighted by molar-refractivity contribution is 7.89. The molecular weight excluding hydrogens is 520 g/mol. The number of thiazole rings is 1. The first kappa shape index (κ1) is 26.7. The van der Waals surface area contributed by atoms with E-state index in [0.29, 0.717) is 16.0 Å². The smallest absolute Gasteiger partial charge is 0.279 e. The number of hydrogen-bond acceptors (Lipinski definition) is 6. The number of fused-ring (bicyclic) bond motifs is 1. The van der Waals surface area contributed by atoms with Crippen LogP contribution in [0.4, 0.5) is 0 Å². The van der Waals surface area contributed by atoms with E-state index in [1.807, 2.05) is 11.5 Å². The Morgan fingerprint density at radius 1 is 1.06 bits per heavy atom. The van der Waals surface area contributed by atoms with Crippen molar-refractivity contribution in [2.45, 2.75) is 67.8 Å². The third kappa shape index (κ3) is 5.47. The van der Waals surface area contributed by atoms with E-state index in [0.717, 1.165) is 44.0 Å². The van der Waals surface area contributed by atoms with E-state index in [4.69, 9.17) is 5.14 Å². The predicted molar refractivity (Wildman–Crippen MR) is 140 cm³/mol. The number of rotatable bonds is 7. The number of nitrogens with zero attached hydrogens (tertiary/aromatic N) is 3. The van der Waals surface area contributed by atoms with Gasteiger partial charge in [-0.2, -0.15) is 9.30 Å². The molecule has 1 heterocycles. The molecule has 2 aromatic carbocycles. The van der Waals surface area contributed by atoms with Gasteiger partial charge in [0.1, 0.15) is 0 Å². The predicted octanol–water partition coefficient (Wildman–Crippen LogP) is 3.45. The summed E-state index contributed by atoms with van der Waals surface area (Å²) in [5.74, 6) is -0.511. The molecule has 1 aliphatic rings. The minimum Gasteiger partial charge on any atom is -0.316 e. The van der Waals surface area contributed by atoms with Crippen LogP contribution in [0.1, 0.15) is 55.8 Å². The summed E-state index contributed by atoms with van der Waals surface area (Å²) in [6.07, 6.45) is 5.69. The van der Waals surface area contributed by atoms with Crippen molar-refractivity contribution in [1.82, 2.24) is 8.87 Å². The molecule has 0 unspecified atom stereocenters. The second-order valence-electron chi connectivity index (χ2n) is 8.97. The van der Waals surface area contributed by atoms with Gasteiger partial charge in [-0.25, -0.2) is 22.0 Å². The summed E-state index contributed by atoms with van der Waals surface area (Å²) in [5.41, 5.74) is 1.02. The van der Waals surface area contributed by atoms with Crippen molar-refractivity contribution in [3.05, 3.63) is 52.8 Å². The molecule has 0 spiro atoms. The molecule has 1 aliphatic carbocycles. The molecule has 1 saturated carbocycles. The summed E-state index contributed by atoms with van der Waals surface area (Å²) in [4.78, 5) is 17.8. The fourth-order valence-corrected chi connectivity index (χ4v) is 7.61. The van der Waals surface area contributed by atoms with Gasteiger partial charge in [-0.15, -0.1) is 0 Å². The fourth-order valence-electron chi connectivity index (χ4n) is 4.48. The van der Waals surface area contributed by atoms with Gasteiger partial charge < -0.3 is 4.57 Å². The second kappa shape index (κ2) is 10.5. The van der Waals surface area contributed by atoms with Crippen molar-refractivity contribution in [3.8, 4) is 0 Å². The second-order valence-corrected chi connectivity index (χ2v) is 13.5. The SMILES string of the molecule is CCCn1c(=NC(=O)c2ccc(S(=O)(=O)N(C)C3CCCCC3)cc2)sc2cc(S(N)(=O)=O)ccc21. The van der Waals surface area contributed by atoms with E-state index in [2.05, 4.69) is 4.99 Å². The fraction of sp³-hybridized carbons (Fsp3) is 0.417. The van der Waals surface area contributed by atoms with Crippen molar-refractivity contribution < 1.29 is 21.6 Å². The summed E-state index contributed by atoms with van der Waals surface area (Å²) in [7, 11) is -5.90. The molecule has 0 aliphatic heterocycles. The zero-order valence-electron chi connectivity index (χ0n) is 20.3. The molecule has 0 bridgehead atoms. The van der Waals surface area contributed by atoms with E-state index >= 15 is 0 Å². The monoisotopic (exact) mass is 550 g/mol. The lowest BCUT2D eigenvalue weighted by Crippen LogP contribution is -2.38. The number of benzene rings is 2. The van der Waals surface area contributed by atoms with Crippen molar-refractivity contribution in [3.63, 3.8) is 0 Å². The summed E-state index contributed by atoms with van der Waals surface area (Å²) in [6.45, 7) is 2.58. The zero-order valence-corrected chi connectivity index (χ0v) is 22.7. The molecule has 0 atom stereocenters. The maximum atomic E-state index is 13.1. The lowest BCUT2D eigenvalue weighted by molar-refractivity contribution is 0.0997. The first-order valence-electron chi connectivity index (χ1n) is 11.9. The van der Waals surface area contributed by atoms with Gasteiger partial charge in [-0.1, -0.05) is 37.5 Å². The van der Waals surface area contributed by atoms with Crippen LogP contribution in [-0.2, 0) is 26.6 Å². The van der Waals surface area contributed by atoms with Crippen LogP contribution in [0, 0.1) is 0 Å². The number of primary sulfonamides is 1. The van der Waals surface area contributed by atoms with Gasteiger partial charge in [-0.05, 0) is 61.7 Å². The molecule has 1 aromatic heterocycles. The van der Waals surface area contributed by atoms with Crippen LogP contribution in [0.3, 0.4) is 0 Å². The maximum Gasteiger partial charge on any atom is 0.279 e. The topological polar surface area (TPSA) is 132 Å². The van der Waals surface area contributed by atoms with Crippen LogP contribution < -0.4 is 9.94 Å². The lowest BCUT2D eigenvalue weighted by atomic mass is 9.96. The number of carbonyl (C=O) groups is 1. The van der Waals surface area contributed by atoms with E-state index in [1.54, 1.807) is 13.1 Å². The van der Waals surface area contributed by atoms with E-state index in [9.17, 15) is 21.6 Å². The van der Waals surface area contributed by atoms with Crippen LogP contribution in [0.15, 0.2) is 57.2 Å². The number of carbonyl (C=O) groups excluding carboxylic acids is 1. The standard InChI is InChI=1S/C24H30N4O5S3/c1-3-15-28-21-14-13-20(35(25,30)31)16-22(21)34-24(28)26-23(29)17-9-11-19(12-10-17)36(32,33)27(2)18-7-5-4-6-8-18/h9-14,16,18H,3-8,15H2,1-2H3,(H2,25,30,31). The van der Waals surface area contributed by atoms with Crippen molar-refractivity contribution >= 4 is 47.5 Å². The molecule has 12 heteroatoms. The third-order valence-corrected chi connectivity index (χ3v) is 10.4. The van der Waals surface area contributed by atoms with Gasteiger partial charge in [0.2, 0.25) is 20.0 Å². The largest absolute Gasteiger partial charge is 0.316 e. The first-order valence-corrected chi connectivity index (χ1v) is 15.7. The van der Waals surface area contributed by atoms with Crippen molar-refractivity contribution in [1.29, 1.82) is 0 Å². The number of hydrogen-bond donors (Lipinski definition) is 1. The maximum absolute atomic E-state index is 13.1. The molecule has 194 valence electrons. The van der Waals surface area contributed by atoms with Gasteiger partial charge in [0.15, 0.2) is 4.80 Å². The summed E-state index contributed by atoms with van der Waals surface area (Å²) >= 11 is 1.20. The van der Waals surface area contributed by atoms with Crippen LogP contribution in [0.2, 0.25) is 0 Å². The minimum absolute atomic E-state index is 0.00296. The molecule has 1 amide bonds. The Bertz CT molecular complexity index is 1550. The van der Waals surface area contributed by atoms with Crippen LogP contribution in [0.5, 0.6) is 0 Å². The molecule has 36 heavy (non-hydrogen) atoms. The van der Waals surface area contributed by atoms with Crippen molar-refractivity contribution in [2.24, 2.45) is 10.1 Å². The van der Waals surface area contributed by atoms with Gasteiger partial charge in [0.05, 0.1) is 20.0 Å². The number of amides is 1. The molecule has 1 fully saturated rings. The number of sulfonamides is 2. The van der Waals surface area contributed by atoms with Gasteiger partial charge in [0.25, 0.3) is 5.91 Å². The zero-order chi connectivity index (χ0) is 26.1. The molecular formula is C24H30N4O5S3. The van der Waals surface area contributed by atoms with Gasteiger partial charge in [0, 0.05) is 25.2 Å². The highest BCUT2D eigenvalue weighted by Gasteiger charge is 2.29. The molecule has 4 rings (SSSR count). The average molecular weight is 551 g/mol. The number of aryl methyl sites for hydroxylation is 1. The Hall–Kier alpha value is -2.38. The molecule has 3 aromatic rings. The summed E-state index contributed by atoms with van der Waals surface area (Å²) in [5, 5.41) is 5.26. The van der Waals surface area contributed by atoms with E-state index < -0.39 is 26.0 Å². The number of aromatic nitrogens is 1. The normalized spacial score (nSPS) is 16.2. The van der Waals surface area contributed by atoms with E-state index in [1.165, 1.54) is 52.0 Å². The molecule has 0 radical (unpaired) electrons. The summed E-state index contributed by atoms with van der Waals surface area (Å²) < 4.78 is 53.6. The summed E-state index contributed by atoms with van der Waals surface area (Å²) in [6, 6.07) is 10.4. The Morgan fingerprint density at radius 2 is 1.69 bits per heavy atom. The highest BCUT2D eigenvalue weighted by atomic mass is 32.2. The van der Waals surface area contributed by atoms with Crippen LogP contribution >= 0.6 is 11.3 Å².